The zero-order chi connectivity index (χ0) is 7.15. The fourth-order valence-corrected chi connectivity index (χ4v) is 0. The SMILES string of the molecule is CC.CC(C)C(C)C. The van der Waals surface area contributed by atoms with Crippen molar-refractivity contribution in [1.29, 1.82) is 0 Å². The van der Waals surface area contributed by atoms with E-state index in [1.807, 2.05) is 13.8 Å². The molecule has 52 valence electrons. The number of hydrogen-bond acceptors (Lipinski definition) is 0. The minimum absolute atomic E-state index is 0.852. The van der Waals surface area contributed by atoms with Gasteiger partial charge in [0.05, 0.1) is 0 Å². The lowest BCUT2D eigenvalue weighted by Gasteiger charge is -2.05. The van der Waals surface area contributed by atoms with Crippen LogP contribution in [-0.2, 0) is 0 Å². The molecule has 0 spiro atoms. The average Bonchev–Trinajstić information content (AvgIpc) is 1.72. The van der Waals surface area contributed by atoms with Gasteiger partial charge in [0, 0.05) is 0 Å². The largest absolute Gasteiger partial charge is 0.0683 e. The first-order valence-corrected chi connectivity index (χ1v) is 3.64. The Labute approximate surface area is 54.3 Å². The van der Waals surface area contributed by atoms with Crippen LogP contribution in [0, 0.1) is 11.8 Å². The molecule has 0 aromatic heterocycles. The summed E-state index contributed by atoms with van der Waals surface area (Å²) in [7, 11) is 0. The zero-order valence-corrected chi connectivity index (χ0v) is 7.15. The molecule has 0 aromatic rings. The van der Waals surface area contributed by atoms with E-state index >= 15 is 0 Å². The Bertz CT molecular complexity index is 21.0. The predicted molar refractivity (Wildman–Crippen MR) is 41.0 cm³/mol. The lowest BCUT2D eigenvalue weighted by molar-refractivity contribution is 0.457. The van der Waals surface area contributed by atoms with E-state index in [0.29, 0.717) is 0 Å². The van der Waals surface area contributed by atoms with Gasteiger partial charge in [0.1, 0.15) is 0 Å². The summed E-state index contributed by atoms with van der Waals surface area (Å²) in [6, 6.07) is 0. The van der Waals surface area contributed by atoms with Gasteiger partial charge < -0.3 is 0 Å². The maximum Gasteiger partial charge on any atom is -0.0448 e. The first kappa shape index (κ1) is 10.9. The molecule has 0 nitrogen and oxygen atoms in total. The van der Waals surface area contributed by atoms with E-state index < -0.39 is 0 Å². The quantitative estimate of drug-likeness (QED) is 0.493. The lowest BCUT2D eigenvalue weighted by Crippen LogP contribution is -1.95. The highest BCUT2D eigenvalue weighted by Crippen LogP contribution is 2.05. The summed E-state index contributed by atoms with van der Waals surface area (Å²) in [5.74, 6) is 1.70. The minimum atomic E-state index is 0.852. The van der Waals surface area contributed by atoms with Crippen molar-refractivity contribution in [3.63, 3.8) is 0 Å². The van der Waals surface area contributed by atoms with Crippen LogP contribution >= 0.6 is 0 Å². The van der Waals surface area contributed by atoms with Crippen molar-refractivity contribution in [2.24, 2.45) is 11.8 Å². The van der Waals surface area contributed by atoms with Gasteiger partial charge in [-0.2, -0.15) is 0 Å². The van der Waals surface area contributed by atoms with Crippen LogP contribution in [0.25, 0.3) is 0 Å². The second kappa shape index (κ2) is 7.00. The van der Waals surface area contributed by atoms with E-state index in [-0.39, 0.29) is 0 Å². The third-order valence-corrected chi connectivity index (χ3v) is 1.33. The number of rotatable bonds is 1. The monoisotopic (exact) mass is 116 g/mol. The normalized spacial score (nSPS) is 9.00. The third kappa shape index (κ3) is 9.38. The Hall–Kier alpha value is 0. The van der Waals surface area contributed by atoms with Crippen LogP contribution in [-0.4, -0.2) is 0 Å². The van der Waals surface area contributed by atoms with Gasteiger partial charge in [-0.15, -0.1) is 0 Å². The summed E-state index contributed by atoms with van der Waals surface area (Å²) in [6.45, 7) is 13.0. The van der Waals surface area contributed by atoms with E-state index in [1.165, 1.54) is 0 Å². The van der Waals surface area contributed by atoms with Crippen LogP contribution in [0.3, 0.4) is 0 Å². The molecule has 0 amide bonds. The van der Waals surface area contributed by atoms with Crippen molar-refractivity contribution in [2.45, 2.75) is 41.5 Å². The third-order valence-electron chi connectivity index (χ3n) is 1.33. The van der Waals surface area contributed by atoms with Crippen LogP contribution in [0.15, 0.2) is 0 Å². The van der Waals surface area contributed by atoms with Gasteiger partial charge in [0.25, 0.3) is 0 Å². The van der Waals surface area contributed by atoms with Crippen molar-refractivity contribution in [1.82, 2.24) is 0 Å². The molecular weight excluding hydrogens is 96.1 g/mol. The molecule has 0 N–H and O–H groups in total. The summed E-state index contributed by atoms with van der Waals surface area (Å²) < 4.78 is 0. The first-order valence-electron chi connectivity index (χ1n) is 3.64. The molecule has 0 radical (unpaired) electrons. The summed E-state index contributed by atoms with van der Waals surface area (Å²) in [4.78, 5) is 0. The van der Waals surface area contributed by atoms with Crippen LogP contribution < -0.4 is 0 Å². The molecule has 0 saturated carbocycles. The van der Waals surface area contributed by atoms with Crippen molar-refractivity contribution >= 4 is 0 Å². The predicted octanol–water partition coefficient (Wildman–Crippen LogP) is 3.32. The molecule has 0 bridgehead atoms. The average molecular weight is 116 g/mol. The molecule has 0 atom stereocenters. The molecular formula is C8H20. The fraction of sp³-hybridized carbons (Fsp3) is 1.00. The molecule has 0 heteroatoms. The van der Waals surface area contributed by atoms with Crippen LogP contribution in [0.1, 0.15) is 41.5 Å². The van der Waals surface area contributed by atoms with Gasteiger partial charge in [-0.3, -0.25) is 0 Å². The van der Waals surface area contributed by atoms with Crippen molar-refractivity contribution < 1.29 is 0 Å². The van der Waals surface area contributed by atoms with Gasteiger partial charge in [-0.05, 0) is 11.8 Å². The highest BCUT2D eigenvalue weighted by Gasteiger charge is 1.95. The van der Waals surface area contributed by atoms with E-state index in [2.05, 4.69) is 27.7 Å². The summed E-state index contributed by atoms with van der Waals surface area (Å²) >= 11 is 0. The Morgan fingerprint density at radius 2 is 0.750 bits per heavy atom. The van der Waals surface area contributed by atoms with E-state index in [0.717, 1.165) is 11.8 Å². The van der Waals surface area contributed by atoms with Crippen molar-refractivity contribution in [3.8, 4) is 0 Å². The smallest absolute Gasteiger partial charge is 0.0448 e. The Morgan fingerprint density at radius 3 is 0.750 bits per heavy atom. The fourth-order valence-electron chi connectivity index (χ4n) is 0. The Morgan fingerprint density at radius 1 is 0.625 bits per heavy atom. The van der Waals surface area contributed by atoms with Crippen LogP contribution in [0.4, 0.5) is 0 Å². The Balaban J connectivity index is 0. The van der Waals surface area contributed by atoms with E-state index in [4.69, 9.17) is 0 Å². The minimum Gasteiger partial charge on any atom is -0.0683 e. The van der Waals surface area contributed by atoms with Crippen molar-refractivity contribution in [2.75, 3.05) is 0 Å². The molecule has 0 unspecified atom stereocenters. The molecule has 0 aliphatic rings. The first-order chi connectivity index (χ1) is 3.64. The molecule has 0 aliphatic heterocycles. The number of hydrogen-bond donors (Lipinski definition) is 0. The molecule has 0 aromatic carbocycles. The second-order valence-corrected chi connectivity index (χ2v) is 2.49. The van der Waals surface area contributed by atoms with Gasteiger partial charge in [-0.1, -0.05) is 41.5 Å². The van der Waals surface area contributed by atoms with Gasteiger partial charge in [0.2, 0.25) is 0 Å². The van der Waals surface area contributed by atoms with Gasteiger partial charge >= 0.3 is 0 Å². The van der Waals surface area contributed by atoms with Crippen LogP contribution in [0.5, 0.6) is 0 Å². The van der Waals surface area contributed by atoms with E-state index in [9.17, 15) is 0 Å². The molecule has 8 heavy (non-hydrogen) atoms. The maximum absolute atomic E-state index is 2.24. The van der Waals surface area contributed by atoms with Crippen LogP contribution in [0.2, 0.25) is 0 Å². The summed E-state index contributed by atoms with van der Waals surface area (Å²) in [5.41, 5.74) is 0. The molecule has 0 fully saturated rings. The second-order valence-electron chi connectivity index (χ2n) is 2.49. The molecule has 0 saturated heterocycles. The summed E-state index contributed by atoms with van der Waals surface area (Å²) in [5, 5.41) is 0. The Kier molecular flexibility index (Phi) is 9.53. The van der Waals surface area contributed by atoms with E-state index in [1.54, 1.807) is 0 Å². The van der Waals surface area contributed by atoms with Crippen molar-refractivity contribution in [3.05, 3.63) is 0 Å². The highest BCUT2D eigenvalue weighted by molar-refractivity contribution is 4.46. The van der Waals surface area contributed by atoms with Gasteiger partial charge in [0.15, 0.2) is 0 Å². The lowest BCUT2D eigenvalue weighted by atomic mass is 10.0. The zero-order valence-electron chi connectivity index (χ0n) is 7.15. The molecule has 0 heterocycles. The topological polar surface area (TPSA) is 0 Å². The molecule has 0 aliphatic carbocycles. The standard InChI is InChI=1S/C6H14.C2H6/c1-5(2)6(3)4;1-2/h5-6H,1-4H3;1-2H3. The summed E-state index contributed by atoms with van der Waals surface area (Å²) in [6.07, 6.45) is 0. The van der Waals surface area contributed by atoms with Gasteiger partial charge in [-0.25, -0.2) is 0 Å². The highest BCUT2D eigenvalue weighted by atomic mass is 14.0. The maximum atomic E-state index is 2.24. The molecule has 0 rings (SSSR count).